The molecule has 0 aromatic heterocycles. The molecule has 4 nitrogen and oxygen atoms in total. The summed E-state index contributed by atoms with van der Waals surface area (Å²) < 4.78 is 0. The third-order valence-corrected chi connectivity index (χ3v) is 3.70. The van der Waals surface area contributed by atoms with Crippen LogP contribution in [0.15, 0.2) is 48.5 Å². The summed E-state index contributed by atoms with van der Waals surface area (Å²) in [5.41, 5.74) is 2.28. The Labute approximate surface area is 140 Å². The molecule has 0 aliphatic rings. The number of carbonyl (C=O) groups excluding carboxylic acids is 2. The Morgan fingerprint density at radius 2 is 1.61 bits per heavy atom. The second kappa shape index (κ2) is 8.34. The van der Waals surface area contributed by atoms with Gasteiger partial charge in [0.15, 0.2) is 0 Å². The molecule has 120 valence electrons. The second-order valence-electron chi connectivity index (χ2n) is 5.12. The van der Waals surface area contributed by atoms with Crippen LogP contribution in [0.25, 0.3) is 0 Å². The van der Waals surface area contributed by atoms with Crippen molar-refractivity contribution in [2.45, 2.75) is 26.2 Å². The Morgan fingerprint density at radius 1 is 0.957 bits per heavy atom. The van der Waals surface area contributed by atoms with E-state index in [2.05, 4.69) is 10.6 Å². The van der Waals surface area contributed by atoms with Crippen LogP contribution < -0.4 is 10.6 Å². The van der Waals surface area contributed by atoms with E-state index in [1.165, 1.54) is 0 Å². The highest BCUT2D eigenvalue weighted by Gasteiger charge is 2.06. The third kappa shape index (κ3) is 5.42. The fourth-order valence-electron chi connectivity index (χ4n) is 2.10. The molecule has 0 radical (unpaired) electrons. The van der Waals surface area contributed by atoms with Gasteiger partial charge in [0.05, 0.1) is 0 Å². The molecular weight excluding hydrogens is 312 g/mol. The maximum atomic E-state index is 12.0. The molecular formula is C18H19ClN2O2. The average molecular weight is 331 g/mol. The quantitative estimate of drug-likeness (QED) is 0.831. The first-order valence-electron chi connectivity index (χ1n) is 7.51. The summed E-state index contributed by atoms with van der Waals surface area (Å²) in [6, 6.07) is 14.6. The van der Waals surface area contributed by atoms with Gasteiger partial charge >= 0.3 is 0 Å². The van der Waals surface area contributed by atoms with Crippen molar-refractivity contribution in [3.8, 4) is 0 Å². The van der Waals surface area contributed by atoms with Gasteiger partial charge in [-0.25, -0.2) is 0 Å². The molecule has 0 aliphatic heterocycles. The highest BCUT2D eigenvalue weighted by molar-refractivity contribution is 6.31. The van der Waals surface area contributed by atoms with Crippen molar-refractivity contribution in [1.82, 2.24) is 0 Å². The van der Waals surface area contributed by atoms with Gasteiger partial charge in [-0.3, -0.25) is 9.59 Å². The molecule has 2 amide bonds. The summed E-state index contributed by atoms with van der Waals surface area (Å²) in [6.07, 6.45) is 1.33. The Morgan fingerprint density at radius 3 is 2.26 bits per heavy atom. The van der Waals surface area contributed by atoms with Crippen molar-refractivity contribution in [1.29, 1.82) is 0 Å². The van der Waals surface area contributed by atoms with Crippen LogP contribution in [0.3, 0.4) is 0 Å². The number of aryl methyl sites for hydroxylation is 1. The van der Waals surface area contributed by atoms with Gasteiger partial charge in [-0.05, 0) is 36.2 Å². The number of rotatable bonds is 6. The molecule has 23 heavy (non-hydrogen) atoms. The van der Waals surface area contributed by atoms with Gasteiger partial charge in [0.25, 0.3) is 0 Å². The summed E-state index contributed by atoms with van der Waals surface area (Å²) in [6.45, 7) is 1.79. The topological polar surface area (TPSA) is 58.2 Å². The van der Waals surface area contributed by atoms with Crippen molar-refractivity contribution in [3.63, 3.8) is 0 Å². The zero-order chi connectivity index (χ0) is 16.7. The molecule has 0 saturated carbocycles. The van der Waals surface area contributed by atoms with Crippen LogP contribution in [0, 0.1) is 0 Å². The lowest BCUT2D eigenvalue weighted by Crippen LogP contribution is -2.13. The summed E-state index contributed by atoms with van der Waals surface area (Å²) in [5, 5.41) is 6.26. The van der Waals surface area contributed by atoms with E-state index >= 15 is 0 Å². The number of hydrogen-bond acceptors (Lipinski definition) is 2. The molecule has 0 aliphatic carbocycles. The lowest BCUT2D eigenvalue weighted by atomic mass is 10.1. The van der Waals surface area contributed by atoms with E-state index in [0.717, 1.165) is 5.56 Å². The molecule has 0 spiro atoms. The lowest BCUT2D eigenvalue weighted by molar-refractivity contribution is -0.116. The van der Waals surface area contributed by atoms with E-state index in [9.17, 15) is 9.59 Å². The molecule has 0 saturated heterocycles. The number of carbonyl (C=O) groups is 2. The third-order valence-electron chi connectivity index (χ3n) is 3.33. The average Bonchev–Trinajstić information content (AvgIpc) is 2.54. The predicted octanol–water partition coefficient (Wildman–Crippen LogP) is 4.26. The molecule has 5 heteroatoms. The van der Waals surface area contributed by atoms with E-state index in [0.29, 0.717) is 35.7 Å². The van der Waals surface area contributed by atoms with Crippen LogP contribution in [-0.2, 0) is 16.0 Å². The zero-order valence-electron chi connectivity index (χ0n) is 12.9. The summed E-state index contributed by atoms with van der Waals surface area (Å²) in [4.78, 5) is 23.4. The van der Waals surface area contributed by atoms with Crippen LogP contribution in [-0.4, -0.2) is 11.8 Å². The number of amides is 2. The minimum atomic E-state index is -0.0936. The molecule has 0 heterocycles. The molecule has 2 rings (SSSR count). The fourth-order valence-corrected chi connectivity index (χ4v) is 2.33. The first-order chi connectivity index (χ1) is 11.1. The Kier molecular flexibility index (Phi) is 6.18. The van der Waals surface area contributed by atoms with Gasteiger partial charge in [0.2, 0.25) is 11.8 Å². The summed E-state index contributed by atoms with van der Waals surface area (Å²) in [5.74, 6) is -0.156. The van der Waals surface area contributed by atoms with Gasteiger partial charge < -0.3 is 10.6 Å². The highest BCUT2D eigenvalue weighted by atomic mass is 35.5. The molecule has 0 atom stereocenters. The highest BCUT2D eigenvalue weighted by Crippen LogP contribution is 2.18. The van der Waals surface area contributed by atoms with Crippen molar-refractivity contribution < 1.29 is 9.59 Å². The monoisotopic (exact) mass is 330 g/mol. The van der Waals surface area contributed by atoms with Gasteiger partial charge in [0.1, 0.15) is 0 Å². The standard InChI is InChI=1S/C18H19ClN2O2/c1-2-17(22)20-14-7-5-8-15(12-14)21-18(23)11-10-13-6-3-4-9-16(13)19/h3-9,12H,2,10-11H2,1H3,(H,20,22)(H,21,23). The van der Waals surface area contributed by atoms with Crippen molar-refractivity contribution >= 4 is 34.8 Å². The number of anilines is 2. The van der Waals surface area contributed by atoms with E-state index in [-0.39, 0.29) is 11.8 Å². The largest absolute Gasteiger partial charge is 0.326 e. The number of halogens is 1. The molecule has 0 bridgehead atoms. The minimum absolute atomic E-state index is 0.0628. The van der Waals surface area contributed by atoms with Gasteiger partial charge in [0, 0.05) is 29.2 Å². The first-order valence-corrected chi connectivity index (χ1v) is 7.89. The minimum Gasteiger partial charge on any atom is -0.326 e. The van der Waals surface area contributed by atoms with Crippen LogP contribution in [0.2, 0.25) is 5.02 Å². The summed E-state index contributed by atoms with van der Waals surface area (Å²) in [7, 11) is 0. The number of benzene rings is 2. The smallest absolute Gasteiger partial charge is 0.224 e. The second-order valence-corrected chi connectivity index (χ2v) is 5.53. The Bertz CT molecular complexity index is 701. The normalized spacial score (nSPS) is 10.2. The molecule has 2 N–H and O–H groups in total. The predicted molar refractivity (Wildman–Crippen MR) is 93.8 cm³/mol. The molecule has 2 aromatic rings. The van der Waals surface area contributed by atoms with Crippen LogP contribution in [0.5, 0.6) is 0 Å². The van der Waals surface area contributed by atoms with E-state index in [4.69, 9.17) is 11.6 Å². The van der Waals surface area contributed by atoms with E-state index in [1.807, 2.05) is 24.3 Å². The Hall–Kier alpha value is -2.33. The van der Waals surface area contributed by atoms with E-state index in [1.54, 1.807) is 31.2 Å². The summed E-state index contributed by atoms with van der Waals surface area (Å²) >= 11 is 6.08. The number of hydrogen-bond donors (Lipinski definition) is 2. The zero-order valence-corrected chi connectivity index (χ0v) is 13.7. The number of nitrogens with one attached hydrogen (secondary N) is 2. The van der Waals surface area contributed by atoms with Crippen molar-refractivity contribution in [2.75, 3.05) is 10.6 Å². The van der Waals surface area contributed by atoms with Crippen molar-refractivity contribution in [3.05, 3.63) is 59.1 Å². The maximum absolute atomic E-state index is 12.0. The lowest BCUT2D eigenvalue weighted by Gasteiger charge is -2.09. The van der Waals surface area contributed by atoms with Crippen LogP contribution in [0.1, 0.15) is 25.3 Å². The van der Waals surface area contributed by atoms with Crippen LogP contribution >= 0.6 is 11.6 Å². The van der Waals surface area contributed by atoms with Gasteiger partial charge in [-0.2, -0.15) is 0 Å². The van der Waals surface area contributed by atoms with Gasteiger partial charge in [-0.1, -0.05) is 42.8 Å². The van der Waals surface area contributed by atoms with Crippen LogP contribution in [0.4, 0.5) is 11.4 Å². The molecule has 2 aromatic carbocycles. The Balaban J connectivity index is 1.91. The molecule has 0 fully saturated rings. The van der Waals surface area contributed by atoms with Crippen molar-refractivity contribution in [2.24, 2.45) is 0 Å². The first kappa shape index (κ1) is 17.0. The van der Waals surface area contributed by atoms with Gasteiger partial charge in [-0.15, -0.1) is 0 Å². The molecule has 0 unspecified atom stereocenters. The SMILES string of the molecule is CCC(=O)Nc1cccc(NC(=O)CCc2ccccc2Cl)c1. The van der Waals surface area contributed by atoms with E-state index < -0.39 is 0 Å². The fraction of sp³-hybridized carbons (Fsp3) is 0.222. The maximum Gasteiger partial charge on any atom is 0.224 e.